The first-order chi connectivity index (χ1) is 8.29. The SMILES string of the molecule is CCCNC(Cc1ccc(Br)s1)c1cncs1. The smallest absolute Gasteiger partial charge is 0.0794 e. The monoisotopic (exact) mass is 330 g/mol. The number of rotatable bonds is 6. The first kappa shape index (κ1) is 13.2. The van der Waals surface area contributed by atoms with Gasteiger partial charge < -0.3 is 5.32 Å². The van der Waals surface area contributed by atoms with Crippen molar-refractivity contribution in [2.45, 2.75) is 25.8 Å². The van der Waals surface area contributed by atoms with Gasteiger partial charge in [0.25, 0.3) is 0 Å². The Labute approximate surface area is 118 Å². The van der Waals surface area contributed by atoms with E-state index in [0.29, 0.717) is 6.04 Å². The molecule has 2 nitrogen and oxygen atoms in total. The molecule has 2 rings (SSSR count). The van der Waals surface area contributed by atoms with E-state index in [4.69, 9.17) is 0 Å². The first-order valence-electron chi connectivity index (χ1n) is 5.65. The zero-order valence-corrected chi connectivity index (χ0v) is 12.9. The average Bonchev–Trinajstić information content (AvgIpc) is 2.95. The molecule has 0 aliphatic heterocycles. The molecule has 5 heteroatoms. The van der Waals surface area contributed by atoms with Crippen LogP contribution in [0, 0.1) is 0 Å². The van der Waals surface area contributed by atoms with Gasteiger partial charge in [-0.15, -0.1) is 22.7 Å². The highest BCUT2D eigenvalue weighted by Gasteiger charge is 2.14. The summed E-state index contributed by atoms with van der Waals surface area (Å²) in [5.41, 5.74) is 1.90. The summed E-state index contributed by atoms with van der Waals surface area (Å²) in [7, 11) is 0. The van der Waals surface area contributed by atoms with Crippen molar-refractivity contribution in [1.82, 2.24) is 10.3 Å². The van der Waals surface area contributed by atoms with Gasteiger partial charge in [-0.2, -0.15) is 0 Å². The molecular formula is C12H15BrN2S2. The van der Waals surface area contributed by atoms with Gasteiger partial charge in [-0.05, 0) is 41.0 Å². The predicted molar refractivity (Wildman–Crippen MR) is 78.9 cm³/mol. The van der Waals surface area contributed by atoms with Crippen LogP contribution < -0.4 is 5.32 Å². The summed E-state index contributed by atoms with van der Waals surface area (Å²) in [5.74, 6) is 0. The third-order valence-electron chi connectivity index (χ3n) is 2.47. The standard InChI is InChI=1S/C12H15BrN2S2/c1-2-5-15-10(11-7-14-8-16-11)6-9-3-4-12(13)17-9/h3-4,7-8,10,15H,2,5-6H2,1H3. The van der Waals surface area contributed by atoms with Crippen LogP contribution in [0.2, 0.25) is 0 Å². The molecule has 0 fully saturated rings. The summed E-state index contributed by atoms with van der Waals surface area (Å²) in [5, 5.41) is 3.59. The molecule has 0 aromatic carbocycles. The van der Waals surface area contributed by atoms with Gasteiger partial charge in [0.15, 0.2) is 0 Å². The topological polar surface area (TPSA) is 24.9 Å². The van der Waals surface area contributed by atoms with Crippen molar-refractivity contribution in [1.29, 1.82) is 0 Å². The Balaban J connectivity index is 2.05. The summed E-state index contributed by atoms with van der Waals surface area (Å²) in [6, 6.07) is 4.70. The Hall–Kier alpha value is -0.230. The fourth-order valence-corrected chi connectivity index (χ4v) is 3.88. The lowest BCUT2D eigenvalue weighted by atomic mass is 10.1. The quantitative estimate of drug-likeness (QED) is 0.856. The molecular weight excluding hydrogens is 316 g/mol. The highest BCUT2D eigenvalue weighted by Crippen LogP contribution is 2.28. The van der Waals surface area contributed by atoms with Gasteiger partial charge in [0.2, 0.25) is 0 Å². The van der Waals surface area contributed by atoms with Crippen LogP contribution in [-0.2, 0) is 6.42 Å². The van der Waals surface area contributed by atoms with Gasteiger partial charge in [-0.3, -0.25) is 4.98 Å². The van der Waals surface area contributed by atoms with Gasteiger partial charge in [-0.1, -0.05) is 6.92 Å². The van der Waals surface area contributed by atoms with E-state index in [1.54, 1.807) is 11.3 Å². The summed E-state index contributed by atoms with van der Waals surface area (Å²) in [4.78, 5) is 6.89. The van der Waals surface area contributed by atoms with Gasteiger partial charge >= 0.3 is 0 Å². The van der Waals surface area contributed by atoms with Crippen LogP contribution in [0.5, 0.6) is 0 Å². The molecule has 92 valence electrons. The molecule has 0 aliphatic carbocycles. The molecule has 2 aromatic heterocycles. The summed E-state index contributed by atoms with van der Waals surface area (Å²) < 4.78 is 1.20. The van der Waals surface area contributed by atoms with E-state index in [1.807, 2.05) is 23.0 Å². The molecule has 0 bridgehead atoms. The molecule has 0 aliphatic rings. The van der Waals surface area contributed by atoms with Crippen molar-refractivity contribution >= 4 is 38.6 Å². The van der Waals surface area contributed by atoms with Gasteiger partial charge in [0.1, 0.15) is 0 Å². The van der Waals surface area contributed by atoms with E-state index in [0.717, 1.165) is 19.4 Å². The minimum Gasteiger partial charge on any atom is -0.309 e. The molecule has 0 saturated heterocycles. The minimum absolute atomic E-state index is 0.396. The fourth-order valence-electron chi connectivity index (χ4n) is 1.65. The number of thiazole rings is 1. The number of aromatic nitrogens is 1. The van der Waals surface area contributed by atoms with E-state index in [-0.39, 0.29) is 0 Å². The van der Waals surface area contributed by atoms with Crippen LogP contribution in [0.3, 0.4) is 0 Å². The van der Waals surface area contributed by atoms with Gasteiger partial charge in [0.05, 0.1) is 9.30 Å². The predicted octanol–water partition coefficient (Wildman–Crippen LogP) is 4.25. The van der Waals surface area contributed by atoms with Crippen LogP contribution in [0.1, 0.15) is 29.1 Å². The van der Waals surface area contributed by atoms with Gasteiger partial charge in [-0.25, -0.2) is 0 Å². The van der Waals surface area contributed by atoms with E-state index in [2.05, 4.69) is 45.3 Å². The van der Waals surface area contributed by atoms with Crippen LogP contribution in [0.15, 0.2) is 27.6 Å². The average molecular weight is 331 g/mol. The highest BCUT2D eigenvalue weighted by atomic mass is 79.9. The lowest BCUT2D eigenvalue weighted by molar-refractivity contribution is 0.539. The molecule has 0 saturated carbocycles. The summed E-state index contributed by atoms with van der Waals surface area (Å²) in [6.07, 6.45) is 4.17. The number of halogens is 1. The van der Waals surface area contributed by atoms with E-state index < -0.39 is 0 Å². The third kappa shape index (κ3) is 3.88. The Morgan fingerprint density at radius 2 is 2.35 bits per heavy atom. The maximum absolute atomic E-state index is 4.17. The molecule has 0 radical (unpaired) electrons. The van der Waals surface area contributed by atoms with Crippen LogP contribution in [-0.4, -0.2) is 11.5 Å². The molecule has 1 atom stereocenters. The third-order valence-corrected chi connectivity index (χ3v) is 5.00. The zero-order chi connectivity index (χ0) is 12.1. The fraction of sp³-hybridized carbons (Fsp3) is 0.417. The number of nitrogens with zero attached hydrogens (tertiary/aromatic N) is 1. The Bertz CT molecular complexity index is 439. The van der Waals surface area contributed by atoms with Crippen molar-refractivity contribution in [3.63, 3.8) is 0 Å². The van der Waals surface area contributed by atoms with Crippen molar-refractivity contribution < 1.29 is 0 Å². The van der Waals surface area contributed by atoms with E-state index >= 15 is 0 Å². The van der Waals surface area contributed by atoms with Crippen LogP contribution >= 0.6 is 38.6 Å². The molecule has 2 aromatic rings. The molecule has 0 spiro atoms. The Morgan fingerprint density at radius 3 is 2.94 bits per heavy atom. The molecule has 2 heterocycles. The number of thiophene rings is 1. The number of hydrogen-bond acceptors (Lipinski definition) is 4. The van der Waals surface area contributed by atoms with E-state index in [9.17, 15) is 0 Å². The molecule has 1 N–H and O–H groups in total. The van der Waals surface area contributed by atoms with Crippen molar-refractivity contribution in [3.8, 4) is 0 Å². The summed E-state index contributed by atoms with van der Waals surface area (Å²) >= 11 is 7.05. The van der Waals surface area contributed by atoms with Crippen molar-refractivity contribution in [2.24, 2.45) is 0 Å². The number of hydrogen-bond donors (Lipinski definition) is 1. The molecule has 17 heavy (non-hydrogen) atoms. The van der Waals surface area contributed by atoms with Gasteiger partial charge in [0, 0.05) is 28.4 Å². The first-order valence-corrected chi connectivity index (χ1v) is 8.14. The Morgan fingerprint density at radius 1 is 1.47 bits per heavy atom. The maximum atomic E-state index is 4.17. The largest absolute Gasteiger partial charge is 0.309 e. The van der Waals surface area contributed by atoms with Crippen molar-refractivity contribution in [3.05, 3.63) is 37.4 Å². The second-order valence-corrected chi connectivity index (χ2v) is 7.29. The van der Waals surface area contributed by atoms with Crippen LogP contribution in [0.25, 0.3) is 0 Å². The Kier molecular flexibility index (Phi) is 5.16. The maximum Gasteiger partial charge on any atom is 0.0794 e. The molecule has 1 unspecified atom stereocenters. The van der Waals surface area contributed by atoms with Crippen molar-refractivity contribution in [2.75, 3.05) is 6.54 Å². The normalized spacial score (nSPS) is 12.8. The minimum atomic E-state index is 0.396. The lowest BCUT2D eigenvalue weighted by Crippen LogP contribution is -2.23. The molecule has 0 amide bonds. The summed E-state index contributed by atoms with van der Waals surface area (Å²) in [6.45, 7) is 3.24. The second-order valence-electron chi connectivity index (χ2n) is 3.82. The zero-order valence-electron chi connectivity index (χ0n) is 9.65. The highest BCUT2D eigenvalue weighted by molar-refractivity contribution is 9.11. The number of nitrogens with one attached hydrogen (secondary N) is 1. The van der Waals surface area contributed by atoms with E-state index in [1.165, 1.54) is 13.5 Å². The van der Waals surface area contributed by atoms with Crippen LogP contribution in [0.4, 0.5) is 0 Å². The lowest BCUT2D eigenvalue weighted by Gasteiger charge is -2.15. The second kappa shape index (κ2) is 6.64.